The highest BCUT2D eigenvalue weighted by atomic mass is 32.2. The highest BCUT2D eigenvalue weighted by molar-refractivity contribution is 7.89. The van der Waals surface area contributed by atoms with Crippen LogP contribution in [0.4, 0.5) is 5.69 Å². The normalized spacial score (nSPS) is 14.2. The molecule has 3 aromatic carbocycles. The van der Waals surface area contributed by atoms with E-state index in [0.717, 1.165) is 16.8 Å². The van der Waals surface area contributed by atoms with Crippen molar-refractivity contribution in [1.29, 1.82) is 0 Å². The highest BCUT2D eigenvalue weighted by Crippen LogP contribution is 2.28. The van der Waals surface area contributed by atoms with Gasteiger partial charge < -0.3 is 14.5 Å². The second-order valence-corrected chi connectivity index (χ2v) is 10.8. The van der Waals surface area contributed by atoms with Gasteiger partial charge in [0.05, 0.1) is 13.7 Å². The Morgan fingerprint density at radius 1 is 0.917 bits per heavy atom. The van der Waals surface area contributed by atoms with Gasteiger partial charge in [0.25, 0.3) is 0 Å². The van der Waals surface area contributed by atoms with Crippen LogP contribution in [0.1, 0.15) is 11.1 Å². The number of benzene rings is 3. The van der Waals surface area contributed by atoms with Crippen LogP contribution in [0.3, 0.4) is 0 Å². The molecule has 1 amide bonds. The Morgan fingerprint density at radius 3 is 2.19 bits per heavy atom. The molecule has 4 rings (SSSR count). The molecule has 0 saturated carbocycles. The molecule has 1 fully saturated rings. The molecule has 0 spiro atoms. The van der Waals surface area contributed by atoms with E-state index in [2.05, 4.69) is 17.0 Å². The molecule has 8 heteroatoms. The average Bonchev–Trinajstić information content (AvgIpc) is 2.92. The van der Waals surface area contributed by atoms with Crippen molar-refractivity contribution in [3.63, 3.8) is 0 Å². The minimum Gasteiger partial charge on any atom is -0.495 e. The maximum atomic E-state index is 13.8. The molecule has 3 aromatic rings. The van der Waals surface area contributed by atoms with Crippen molar-refractivity contribution in [3.05, 3.63) is 90.0 Å². The van der Waals surface area contributed by atoms with Crippen LogP contribution in [0.2, 0.25) is 0 Å². The maximum absolute atomic E-state index is 13.8. The van der Waals surface area contributed by atoms with Crippen molar-refractivity contribution >= 4 is 21.6 Å². The molecule has 0 bridgehead atoms. The summed E-state index contributed by atoms with van der Waals surface area (Å²) >= 11 is 0. The smallest absolute Gasteiger partial charge is 0.247 e. The molecule has 1 saturated heterocycles. The summed E-state index contributed by atoms with van der Waals surface area (Å²) in [6.45, 7) is 4.33. The van der Waals surface area contributed by atoms with E-state index < -0.39 is 10.0 Å². The fraction of sp³-hybridized carbons (Fsp3) is 0.321. The number of sulfonamides is 1. The van der Waals surface area contributed by atoms with E-state index in [-0.39, 0.29) is 29.6 Å². The van der Waals surface area contributed by atoms with Crippen molar-refractivity contribution in [1.82, 2.24) is 9.21 Å². The summed E-state index contributed by atoms with van der Waals surface area (Å²) in [5.41, 5.74) is 2.95. The summed E-state index contributed by atoms with van der Waals surface area (Å²) in [5, 5.41) is 0. The van der Waals surface area contributed by atoms with E-state index in [1.54, 1.807) is 17.0 Å². The SMILES string of the molecule is COc1ccc(C)cc1S(=O)(=O)N(CCc1ccccc1)CC(=O)N1CCN(c2ccccc2)CC1. The monoisotopic (exact) mass is 507 g/mol. The number of amides is 1. The molecule has 190 valence electrons. The van der Waals surface area contributed by atoms with Crippen LogP contribution < -0.4 is 9.64 Å². The molecule has 1 aliphatic heterocycles. The predicted molar refractivity (Wildman–Crippen MR) is 142 cm³/mol. The van der Waals surface area contributed by atoms with Crippen molar-refractivity contribution < 1.29 is 17.9 Å². The van der Waals surface area contributed by atoms with E-state index in [0.29, 0.717) is 32.6 Å². The quantitative estimate of drug-likeness (QED) is 0.443. The van der Waals surface area contributed by atoms with Crippen molar-refractivity contribution in [2.24, 2.45) is 0 Å². The summed E-state index contributed by atoms with van der Waals surface area (Å²) in [6, 6.07) is 24.9. The second kappa shape index (κ2) is 11.6. The van der Waals surface area contributed by atoms with Crippen LogP contribution in [0, 0.1) is 6.92 Å². The molecule has 0 unspecified atom stereocenters. The van der Waals surface area contributed by atoms with Gasteiger partial charge in [0.15, 0.2) is 0 Å². The number of rotatable bonds is 9. The van der Waals surface area contributed by atoms with Gasteiger partial charge in [-0.3, -0.25) is 4.79 Å². The zero-order valence-corrected chi connectivity index (χ0v) is 21.7. The van der Waals surface area contributed by atoms with E-state index in [1.807, 2.05) is 61.5 Å². The standard InChI is InChI=1S/C28H33N3O4S/c1-23-13-14-26(35-2)27(21-23)36(33,34)31(16-15-24-9-5-3-6-10-24)22-28(32)30-19-17-29(18-20-30)25-11-7-4-8-12-25/h3-14,21H,15-20,22H2,1-2H3. The van der Waals surface area contributed by atoms with Crippen LogP contribution in [-0.4, -0.2) is 69.9 Å². The largest absolute Gasteiger partial charge is 0.495 e. The third-order valence-electron chi connectivity index (χ3n) is 6.49. The van der Waals surface area contributed by atoms with E-state index in [1.165, 1.54) is 11.4 Å². The third kappa shape index (κ3) is 6.06. The number of hydrogen-bond donors (Lipinski definition) is 0. The maximum Gasteiger partial charge on any atom is 0.247 e. The Kier molecular flexibility index (Phi) is 8.28. The molecule has 0 atom stereocenters. The fourth-order valence-corrected chi connectivity index (χ4v) is 6.04. The number of piperazine rings is 1. The van der Waals surface area contributed by atoms with E-state index >= 15 is 0 Å². The number of hydrogen-bond acceptors (Lipinski definition) is 5. The molecule has 7 nitrogen and oxygen atoms in total. The second-order valence-electron chi connectivity index (χ2n) is 8.93. The van der Waals surface area contributed by atoms with Gasteiger partial charge in [-0.25, -0.2) is 8.42 Å². The summed E-state index contributed by atoms with van der Waals surface area (Å²) in [4.78, 5) is 17.4. The minimum absolute atomic E-state index is 0.0831. The number of nitrogens with zero attached hydrogens (tertiary/aromatic N) is 3. The van der Waals surface area contributed by atoms with Gasteiger partial charge in [-0.1, -0.05) is 54.6 Å². The first-order valence-corrected chi connectivity index (χ1v) is 13.6. The Hall–Kier alpha value is -3.36. The van der Waals surface area contributed by atoms with Crippen molar-refractivity contribution in [3.8, 4) is 5.75 Å². The van der Waals surface area contributed by atoms with Crippen molar-refractivity contribution in [2.75, 3.05) is 51.3 Å². The molecule has 1 aliphatic rings. The number of carbonyl (C=O) groups is 1. The number of anilines is 1. The highest BCUT2D eigenvalue weighted by Gasteiger charge is 2.32. The van der Waals surface area contributed by atoms with Crippen LogP contribution in [0.5, 0.6) is 5.75 Å². The lowest BCUT2D eigenvalue weighted by atomic mass is 10.1. The lowest BCUT2D eigenvalue weighted by molar-refractivity contribution is -0.131. The lowest BCUT2D eigenvalue weighted by Crippen LogP contribution is -2.52. The van der Waals surface area contributed by atoms with Crippen LogP contribution in [-0.2, 0) is 21.2 Å². The summed E-state index contributed by atoms with van der Waals surface area (Å²) < 4.78 is 34.3. The first-order valence-electron chi connectivity index (χ1n) is 12.1. The lowest BCUT2D eigenvalue weighted by Gasteiger charge is -2.37. The average molecular weight is 508 g/mol. The van der Waals surface area contributed by atoms with Gasteiger partial charge >= 0.3 is 0 Å². The Bertz CT molecular complexity index is 1260. The summed E-state index contributed by atoms with van der Waals surface area (Å²) in [7, 11) is -2.52. The number of methoxy groups -OCH3 is 1. The molecule has 1 heterocycles. The van der Waals surface area contributed by atoms with Gasteiger partial charge in [0.1, 0.15) is 10.6 Å². The Labute approximate surface area is 214 Å². The number of carbonyl (C=O) groups excluding carboxylic acids is 1. The van der Waals surface area contributed by atoms with Crippen molar-refractivity contribution in [2.45, 2.75) is 18.2 Å². The topological polar surface area (TPSA) is 70.2 Å². The van der Waals surface area contributed by atoms with E-state index in [9.17, 15) is 13.2 Å². The number of ether oxygens (including phenoxy) is 1. The van der Waals surface area contributed by atoms with Gasteiger partial charge in [0.2, 0.25) is 15.9 Å². The Morgan fingerprint density at radius 2 is 1.56 bits per heavy atom. The molecule has 0 aromatic heterocycles. The summed E-state index contributed by atoms with van der Waals surface area (Å²) in [6.07, 6.45) is 0.503. The molecule has 0 N–H and O–H groups in total. The zero-order chi connectivity index (χ0) is 25.5. The first-order chi connectivity index (χ1) is 17.4. The molecule has 0 aliphatic carbocycles. The van der Waals surface area contributed by atoms with Gasteiger partial charge in [0, 0.05) is 38.4 Å². The molecular weight excluding hydrogens is 474 g/mol. The Balaban J connectivity index is 1.52. The minimum atomic E-state index is -3.97. The van der Waals surface area contributed by atoms with Gasteiger partial charge in [-0.2, -0.15) is 4.31 Å². The molecule has 36 heavy (non-hydrogen) atoms. The van der Waals surface area contributed by atoms with Crippen LogP contribution in [0.15, 0.2) is 83.8 Å². The van der Waals surface area contributed by atoms with Crippen LogP contribution in [0.25, 0.3) is 0 Å². The summed E-state index contributed by atoms with van der Waals surface area (Å²) in [5.74, 6) is 0.0835. The third-order valence-corrected chi connectivity index (χ3v) is 8.36. The first kappa shape index (κ1) is 25.7. The molecule has 0 radical (unpaired) electrons. The zero-order valence-electron chi connectivity index (χ0n) is 20.8. The van der Waals surface area contributed by atoms with Gasteiger partial charge in [-0.15, -0.1) is 0 Å². The predicted octanol–water partition coefficient (Wildman–Crippen LogP) is 3.59. The molecular formula is C28H33N3O4S. The van der Waals surface area contributed by atoms with Crippen LogP contribution >= 0.6 is 0 Å². The fourth-order valence-electron chi connectivity index (χ4n) is 4.41. The number of para-hydroxylation sites is 1. The number of aryl methyl sites for hydroxylation is 1. The van der Waals surface area contributed by atoms with Gasteiger partial charge in [-0.05, 0) is 48.7 Å². The van der Waals surface area contributed by atoms with E-state index in [4.69, 9.17) is 4.74 Å².